The number of carbonyl (C=O) groups excluding carboxylic acids is 3. The summed E-state index contributed by atoms with van der Waals surface area (Å²) < 4.78 is 6.85. The molecule has 0 saturated carbocycles. The lowest BCUT2D eigenvalue weighted by Gasteiger charge is -2.19. The van der Waals surface area contributed by atoms with Gasteiger partial charge in [-0.2, -0.15) is 0 Å². The Hall–Kier alpha value is -2.32. The number of unbranched alkanes of at least 4 members (excludes halogenated alkanes) is 1. The van der Waals surface area contributed by atoms with Crippen LogP contribution in [0.1, 0.15) is 74.4 Å². The van der Waals surface area contributed by atoms with Crippen molar-refractivity contribution in [3.63, 3.8) is 0 Å². The first-order chi connectivity index (χ1) is 16.7. The second-order valence-corrected chi connectivity index (χ2v) is 10.6. The number of hydrogen-bond acceptors (Lipinski definition) is 6. The number of amides is 1. The Morgan fingerprint density at radius 1 is 1.26 bits per heavy atom. The van der Waals surface area contributed by atoms with Gasteiger partial charge in [0.25, 0.3) is 0 Å². The summed E-state index contributed by atoms with van der Waals surface area (Å²) in [7, 11) is 1.33. The predicted octanol–water partition coefficient (Wildman–Crippen LogP) is 5.27. The van der Waals surface area contributed by atoms with Gasteiger partial charge in [-0.15, -0.1) is 0 Å². The molecule has 1 N–H and O–H groups in total. The molecule has 35 heavy (non-hydrogen) atoms. The molecule has 0 aliphatic heterocycles. The molecule has 0 radical (unpaired) electrons. The first-order valence-corrected chi connectivity index (χ1v) is 13.3. The van der Waals surface area contributed by atoms with Crippen LogP contribution >= 0.6 is 23.4 Å². The molecule has 0 aliphatic carbocycles. The van der Waals surface area contributed by atoms with Crippen LogP contribution in [0.3, 0.4) is 0 Å². The van der Waals surface area contributed by atoms with Crippen LogP contribution in [0.25, 0.3) is 0 Å². The molecule has 1 aromatic heterocycles. The first-order valence-electron chi connectivity index (χ1n) is 12.0. The molecule has 0 bridgehead atoms. The minimum absolute atomic E-state index is 0.0142. The summed E-state index contributed by atoms with van der Waals surface area (Å²) in [5, 5.41) is 3.53. The third-order valence-electron chi connectivity index (χ3n) is 5.64. The fourth-order valence-corrected chi connectivity index (χ4v) is 4.74. The number of nitrogens with zero attached hydrogens (tertiary/aromatic N) is 2. The van der Waals surface area contributed by atoms with Gasteiger partial charge in [-0.25, -0.2) is 9.78 Å². The Balaban J connectivity index is 2.22. The number of hydrogen-bond donors (Lipinski definition) is 1. The number of aryl methyl sites for hydroxylation is 1. The fraction of sp³-hybridized carbons (Fsp3) is 0.538. The monoisotopic (exact) mass is 521 g/mol. The number of halogens is 1. The topological polar surface area (TPSA) is 90.3 Å². The molecule has 0 fully saturated rings. The van der Waals surface area contributed by atoms with Gasteiger partial charge in [-0.05, 0) is 36.5 Å². The molecular weight excluding hydrogens is 486 g/mol. The van der Waals surface area contributed by atoms with Crippen molar-refractivity contribution in [2.45, 2.75) is 66.5 Å². The lowest BCUT2D eigenvalue weighted by molar-refractivity contribution is -0.125. The van der Waals surface area contributed by atoms with Gasteiger partial charge in [0.15, 0.2) is 5.12 Å². The number of esters is 1. The Kier molecular flexibility index (Phi) is 11.8. The molecule has 0 unspecified atom stereocenters. The standard InChI is InChI=1S/C26H36ClN3O4S/c1-6-7-8-24-28-13-22(14-29-25(32)21(11-17(2)3)16-35-18(4)31)30(24)15-20-10-9-19(12-23(20)27)26(33)34-5/h9-10,12-13,17,21H,6-8,11,14-16H2,1-5H3,(H,29,32)/t21-/m1/s1. The first kappa shape index (κ1) is 28.9. The van der Waals surface area contributed by atoms with E-state index in [0.29, 0.717) is 35.3 Å². The molecule has 1 aromatic carbocycles. The summed E-state index contributed by atoms with van der Waals surface area (Å²) in [6.07, 6.45) is 5.36. The van der Waals surface area contributed by atoms with Crippen molar-refractivity contribution in [2.24, 2.45) is 11.8 Å². The lowest BCUT2D eigenvalue weighted by atomic mass is 9.98. The van der Waals surface area contributed by atoms with E-state index >= 15 is 0 Å². The summed E-state index contributed by atoms with van der Waals surface area (Å²) in [5.74, 6) is 1.01. The highest BCUT2D eigenvalue weighted by atomic mass is 35.5. The van der Waals surface area contributed by atoms with Gasteiger partial charge < -0.3 is 14.6 Å². The van der Waals surface area contributed by atoms with Gasteiger partial charge in [0.1, 0.15) is 5.82 Å². The summed E-state index contributed by atoms with van der Waals surface area (Å²) >= 11 is 7.68. The smallest absolute Gasteiger partial charge is 0.337 e. The molecule has 0 saturated heterocycles. The number of methoxy groups -OCH3 is 1. The summed E-state index contributed by atoms with van der Waals surface area (Å²) in [6, 6.07) is 5.12. The molecular formula is C26H36ClN3O4S. The zero-order valence-corrected chi connectivity index (χ0v) is 22.8. The predicted molar refractivity (Wildman–Crippen MR) is 141 cm³/mol. The van der Waals surface area contributed by atoms with E-state index in [1.165, 1.54) is 25.8 Å². The highest BCUT2D eigenvalue weighted by Gasteiger charge is 2.21. The Morgan fingerprint density at radius 3 is 2.60 bits per heavy atom. The number of aromatic nitrogens is 2. The molecule has 9 heteroatoms. The Labute approximate surface area is 217 Å². The quantitative estimate of drug-likeness (QED) is 0.361. The van der Waals surface area contributed by atoms with Crippen molar-refractivity contribution in [1.29, 1.82) is 0 Å². The van der Waals surface area contributed by atoms with E-state index < -0.39 is 5.97 Å². The largest absolute Gasteiger partial charge is 0.465 e. The Bertz CT molecular complexity index is 1020. The molecule has 192 valence electrons. The van der Waals surface area contributed by atoms with E-state index in [9.17, 15) is 14.4 Å². The summed E-state index contributed by atoms with van der Waals surface area (Å²) in [4.78, 5) is 40.8. The minimum atomic E-state index is -0.438. The lowest BCUT2D eigenvalue weighted by Crippen LogP contribution is -2.33. The van der Waals surface area contributed by atoms with Crippen molar-refractivity contribution in [3.05, 3.63) is 52.1 Å². The number of thioether (sulfide) groups is 1. The normalized spacial score (nSPS) is 12.0. The van der Waals surface area contributed by atoms with Crippen molar-refractivity contribution in [3.8, 4) is 0 Å². The second kappa shape index (κ2) is 14.3. The van der Waals surface area contributed by atoms with Crippen LogP contribution < -0.4 is 5.32 Å². The zero-order valence-electron chi connectivity index (χ0n) is 21.2. The summed E-state index contributed by atoms with van der Waals surface area (Å²) in [5.41, 5.74) is 2.11. The highest BCUT2D eigenvalue weighted by Crippen LogP contribution is 2.22. The average molecular weight is 522 g/mol. The van der Waals surface area contributed by atoms with Crippen molar-refractivity contribution < 1.29 is 19.1 Å². The van der Waals surface area contributed by atoms with Crippen LogP contribution in [0.4, 0.5) is 0 Å². The average Bonchev–Trinajstić information content (AvgIpc) is 3.20. The molecule has 1 amide bonds. The summed E-state index contributed by atoms with van der Waals surface area (Å²) in [6.45, 7) is 8.60. The highest BCUT2D eigenvalue weighted by molar-refractivity contribution is 8.13. The zero-order chi connectivity index (χ0) is 26.0. The number of nitrogens with one attached hydrogen (secondary N) is 1. The minimum Gasteiger partial charge on any atom is -0.465 e. The number of carbonyl (C=O) groups is 3. The molecule has 1 heterocycles. The van der Waals surface area contributed by atoms with E-state index in [-0.39, 0.29) is 16.9 Å². The van der Waals surface area contributed by atoms with Crippen LogP contribution in [0.15, 0.2) is 24.4 Å². The van der Waals surface area contributed by atoms with Crippen LogP contribution in [0.2, 0.25) is 5.02 Å². The maximum absolute atomic E-state index is 13.0. The molecule has 2 rings (SSSR count). The third-order valence-corrected chi connectivity index (χ3v) is 6.96. The molecule has 2 aromatic rings. The van der Waals surface area contributed by atoms with Gasteiger partial charge in [0, 0.05) is 30.0 Å². The van der Waals surface area contributed by atoms with Crippen LogP contribution in [0, 0.1) is 11.8 Å². The molecule has 7 nitrogen and oxygen atoms in total. The van der Waals surface area contributed by atoms with Gasteiger partial charge in [0.05, 0.1) is 37.7 Å². The van der Waals surface area contributed by atoms with Gasteiger partial charge in [-0.3, -0.25) is 9.59 Å². The van der Waals surface area contributed by atoms with Gasteiger partial charge in [-0.1, -0.05) is 56.6 Å². The molecule has 1 atom stereocenters. The van der Waals surface area contributed by atoms with E-state index in [2.05, 4.69) is 35.6 Å². The number of imidazole rings is 1. The fourth-order valence-electron chi connectivity index (χ4n) is 3.77. The second-order valence-electron chi connectivity index (χ2n) is 9.00. The van der Waals surface area contributed by atoms with Crippen molar-refractivity contribution >= 4 is 40.4 Å². The van der Waals surface area contributed by atoms with Crippen LogP contribution in [-0.4, -0.2) is 39.4 Å². The molecule has 0 aliphatic rings. The van der Waals surface area contributed by atoms with E-state index in [0.717, 1.165) is 42.8 Å². The number of benzene rings is 1. The SMILES string of the molecule is CCCCc1ncc(CNC(=O)[C@@H](CSC(C)=O)CC(C)C)n1Cc1ccc(C(=O)OC)cc1Cl. The molecule has 0 spiro atoms. The number of rotatable bonds is 13. The van der Waals surface area contributed by atoms with Crippen molar-refractivity contribution in [1.82, 2.24) is 14.9 Å². The van der Waals surface area contributed by atoms with Crippen molar-refractivity contribution in [2.75, 3.05) is 12.9 Å². The Morgan fingerprint density at radius 2 is 2.00 bits per heavy atom. The van der Waals surface area contributed by atoms with E-state index in [4.69, 9.17) is 16.3 Å². The van der Waals surface area contributed by atoms with Crippen LogP contribution in [-0.2, 0) is 33.8 Å². The van der Waals surface area contributed by atoms with Crippen LogP contribution in [0.5, 0.6) is 0 Å². The van der Waals surface area contributed by atoms with E-state index in [1.807, 2.05) is 6.07 Å². The van der Waals surface area contributed by atoms with Gasteiger partial charge >= 0.3 is 5.97 Å². The van der Waals surface area contributed by atoms with Gasteiger partial charge in [0.2, 0.25) is 5.91 Å². The third kappa shape index (κ3) is 9.00. The maximum Gasteiger partial charge on any atom is 0.337 e. The van der Waals surface area contributed by atoms with E-state index in [1.54, 1.807) is 18.3 Å². The number of ether oxygens (including phenoxy) is 1. The maximum atomic E-state index is 13.0.